The van der Waals surface area contributed by atoms with Crippen molar-refractivity contribution in [2.45, 2.75) is 32.7 Å². The molecule has 1 saturated carbocycles. The fraction of sp³-hybridized carbons (Fsp3) is 0.500. The molecule has 1 fully saturated rings. The Morgan fingerprint density at radius 1 is 1.47 bits per heavy atom. The van der Waals surface area contributed by atoms with Crippen LogP contribution in [0.3, 0.4) is 0 Å². The van der Waals surface area contributed by atoms with Crippen LogP contribution in [0.1, 0.15) is 40.7 Å². The van der Waals surface area contributed by atoms with Crippen LogP contribution < -0.4 is 5.32 Å². The normalized spacial score (nSPS) is 16.5. The largest absolute Gasteiger partial charge is 0.477 e. The van der Waals surface area contributed by atoms with E-state index in [0.717, 1.165) is 24.1 Å². The minimum absolute atomic E-state index is 0.102. The molecule has 1 aliphatic carbocycles. The number of rotatable bonds is 5. The summed E-state index contributed by atoms with van der Waals surface area (Å²) in [5.74, 6) is -0.815. The molecule has 1 amide bonds. The van der Waals surface area contributed by atoms with E-state index in [1.807, 2.05) is 6.92 Å². The molecule has 0 spiro atoms. The van der Waals surface area contributed by atoms with Crippen LogP contribution in [-0.2, 0) is 11.3 Å². The first-order valence-corrected chi connectivity index (χ1v) is 6.49. The predicted molar refractivity (Wildman–Crippen MR) is 65.1 cm³/mol. The van der Waals surface area contributed by atoms with Gasteiger partial charge in [-0.15, -0.1) is 11.3 Å². The third kappa shape index (κ3) is 2.49. The van der Waals surface area contributed by atoms with E-state index in [-0.39, 0.29) is 11.3 Å². The minimum atomic E-state index is -0.917. The van der Waals surface area contributed by atoms with E-state index in [1.165, 1.54) is 11.3 Å². The highest BCUT2D eigenvalue weighted by atomic mass is 32.1. The summed E-state index contributed by atoms with van der Waals surface area (Å²) in [6.07, 6.45) is 2.82. The number of aromatic carboxylic acids is 1. The summed E-state index contributed by atoms with van der Waals surface area (Å²) in [5.41, 5.74) is -0.132. The monoisotopic (exact) mass is 253 g/mol. The van der Waals surface area contributed by atoms with Crippen LogP contribution in [0.4, 0.5) is 0 Å². The van der Waals surface area contributed by atoms with E-state index < -0.39 is 5.97 Å². The van der Waals surface area contributed by atoms with E-state index in [1.54, 1.807) is 12.1 Å². The fourth-order valence-electron chi connectivity index (χ4n) is 1.83. The van der Waals surface area contributed by atoms with Gasteiger partial charge in [-0.3, -0.25) is 4.79 Å². The Balaban J connectivity index is 1.89. The van der Waals surface area contributed by atoms with E-state index in [4.69, 9.17) is 5.11 Å². The smallest absolute Gasteiger partial charge is 0.345 e. The number of amides is 1. The molecule has 4 nitrogen and oxygen atoms in total. The average Bonchev–Trinajstić information content (AvgIpc) is 2.97. The van der Waals surface area contributed by atoms with Crippen molar-refractivity contribution in [3.63, 3.8) is 0 Å². The number of carboxylic acids is 1. The van der Waals surface area contributed by atoms with Gasteiger partial charge in [-0.05, 0) is 31.4 Å². The first-order valence-electron chi connectivity index (χ1n) is 5.68. The van der Waals surface area contributed by atoms with Gasteiger partial charge in [0.05, 0.1) is 6.54 Å². The van der Waals surface area contributed by atoms with Crippen LogP contribution >= 0.6 is 11.3 Å². The third-order valence-electron chi connectivity index (χ3n) is 3.31. The van der Waals surface area contributed by atoms with Gasteiger partial charge in [0.15, 0.2) is 0 Å². The second-order valence-electron chi connectivity index (χ2n) is 4.39. The first kappa shape index (κ1) is 12.1. The maximum absolute atomic E-state index is 11.8. The maximum Gasteiger partial charge on any atom is 0.345 e. The molecule has 2 rings (SSSR count). The summed E-state index contributed by atoms with van der Waals surface area (Å²) >= 11 is 1.21. The SMILES string of the molecule is CCC1(C(=O)NCc2ccc(C(=O)O)s2)CC1. The van der Waals surface area contributed by atoms with Crippen molar-refractivity contribution < 1.29 is 14.7 Å². The number of hydrogen-bond acceptors (Lipinski definition) is 3. The molecule has 1 aromatic rings. The number of carbonyl (C=O) groups is 2. The molecule has 1 aromatic heterocycles. The van der Waals surface area contributed by atoms with Crippen LogP contribution in [0.5, 0.6) is 0 Å². The lowest BCUT2D eigenvalue weighted by molar-refractivity contribution is -0.126. The second kappa shape index (κ2) is 4.49. The Morgan fingerprint density at radius 2 is 2.18 bits per heavy atom. The van der Waals surface area contributed by atoms with Gasteiger partial charge in [0, 0.05) is 10.3 Å². The molecule has 2 N–H and O–H groups in total. The second-order valence-corrected chi connectivity index (χ2v) is 5.56. The van der Waals surface area contributed by atoms with Crippen LogP contribution in [0.2, 0.25) is 0 Å². The summed E-state index contributed by atoms with van der Waals surface area (Å²) < 4.78 is 0. The highest BCUT2D eigenvalue weighted by molar-refractivity contribution is 7.13. The molecule has 0 saturated heterocycles. The van der Waals surface area contributed by atoms with Crippen LogP contribution in [-0.4, -0.2) is 17.0 Å². The van der Waals surface area contributed by atoms with Gasteiger partial charge in [-0.2, -0.15) is 0 Å². The van der Waals surface area contributed by atoms with Gasteiger partial charge in [0.25, 0.3) is 0 Å². The lowest BCUT2D eigenvalue weighted by Crippen LogP contribution is -2.30. The Labute approximate surface area is 104 Å². The van der Waals surface area contributed by atoms with Crippen molar-refractivity contribution in [3.05, 3.63) is 21.9 Å². The molecule has 0 radical (unpaired) electrons. The zero-order valence-electron chi connectivity index (χ0n) is 9.66. The number of nitrogens with one attached hydrogen (secondary N) is 1. The molecule has 1 heterocycles. The molecular formula is C12H15NO3S. The number of carbonyl (C=O) groups excluding carboxylic acids is 1. The summed E-state index contributed by atoms with van der Waals surface area (Å²) in [4.78, 5) is 23.7. The zero-order chi connectivity index (χ0) is 12.5. The molecule has 0 aromatic carbocycles. The quantitative estimate of drug-likeness (QED) is 0.845. The van der Waals surface area contributed by atoms with Crippen molar-refractivity contribution in [2.75, 3.05) is 0 Å². The molecule has 0 unspecified atom stereocenters. The summed E-state index contributed by atoms with van der Waals surface area (Å²) in [6.45, 7) is 2.46. The molecular weight excluding hydrogens is 238 g/mol. The van der Waals surface area contributed by atoms with E-state index >= 15 is 0 Å². The van der Waals surface area contributed by atoms with E-state index in [2.05, 4.69) is 5.32 Å². The lowest BCUT2D eigenvalue weighted by Gasteiger charge is -2.11. The topological polar surface area (TPSA) is 66.4 Å². The Hall–Kier alpha value is -1.36. The molecule has 92 valence electrons. The molecule has 1 aliphatic rings. The zero-order valence-corrected chi connectivity index (χ0v) is 10.5. The van der Waals surface area contributed by atoms with Crippen LogP contribution in [0, 0.1) is 5.41 Å². The van der Waals surface area contributed by atoms with Crippen LogP contribution in [0.25, 0.3) is 0 Å². The number of hydrogen-bond donors (Lipinski definition) is 2. The van der Waals surface area contributed by atoms with Crippen molar-refractivity contribution in [3.8, 4) is 0 Å². The summed E-state index contributed by atoms with van der Waals surface area (Å²) in [6, 6.07) is 3.32. The molecule has 0 bridgehead atoms. The average molecular weight is 253 g/mol. The summed E-state index contributed by atoms with van der Waals surface area (Å²) in [7, 11) is 0. The first-order chi connectivity index (χ1) is 8.07. The molecule has 0 atom stereocenters. The van der Waals surface area contributed by atoms with Crippen molar-refractivity contribution in [1.82, 2.24) is 5.32 Å². The van der Waals surface area contributed by atoms with Gasteiger partial charge in [0.2, 0.25) is 5.91 Å². The number of carboxylic acid groups (broad SMARTS) is 1. The van der Waals surface area contributed by atoms with Gasteiger partial charge < -0.3 is 10.4 Å². The summed E-state index contributed by atoms with van der Waals surface area (Å²) in [5, 5.41) is 11.7. The molecule has 0 aliphatic heterocycles. The van der Waals surface area contributed by atoms with Gasteiger partial charge in [-0.25, -0.2) is 4.79 Å². The fourth-order valence-corrected chi connectivity index (χ4v) is 2.62. The highest BCUT2D eigenvalue weighted by Crippen LogP contribution is 2.48. The molecule has 17 heavy (non-hydrogen) atoms. The Morgan fingerprint density at radius 3 is 2.65 bits per heavy atom. The van der Waals surface area contributed by atoms with Gasteiger partial charge in [0.1, 0.15) is 4.88 Å². The minimum Gasteiger partial charge on any atom is -0.477 e. The van der Waals surface area contributed by atoms with Gasteiger partial charge >= 0.3 is 5.97 Å². The van der Waals surface area contributed by atoms with Crippen LogP contribution in [0.15, 0.2) is 12.1 Å². The number of thiophene rings is 1. The standard InChI is InChI=1S/C12H15NO3S/c1-2-12(5-6-12)11(16)13-7-8-3-4-9(17-8)10(14)15/h3-4H,2,5-7H2,1H3,(H,13,16)(H,14,15). The van der Waals surface area contributed by atoms with Crippen molar-refractivity contribution >= 4 is 23.2 Å². The van der Waals surface area contributed by atoms with Crippen molar-refractivity contribution in [1.29, 1.82) is 0 Å². The van der Waals surface area contributed by atoms with Gasteiger partial charge in [-0.1, -0.05) is 6.92 Å². The lowest BCUT2D eigenvalue weighted by atomic mass is 10.0. The van der Waals surface area contributed by atoms with E-state index in [0.29, 0.717) is 11.4 Å². The third-order valence-corrected chi connectivity index (χ3v) is 4.38. The maximum atomic E-state index is 11.8. The Bertz CT molecular complexity index is 448. The highest BCUT2D eigenvalue weighted by Gasteiger charge is 2.47. The Kier molecular flexibility index (Phi) is 3.19. The van der Waals surface area contributed by atoms with E-state index in [9.17, 15) is 9.59 Å². The molecule has 5 heteroatoms. The van der Waals surface area contributed by atoms with Crippen molar-refractivity contribution in [2.24, 2.45) is 5.41 Å². The predicted octanol–water partition coefficient (Wildman–Crippen LogP) is 2.25.